The number of β-amino-alcohol motifs (C(OH)–C–C–N with tert-alkyl or cyclic N) is 1. The molecule has 0 bridgehead atoms. The molecule has 0 spiro atoms. The Morgan fingerprint density at radius 2 is 1.93 bits per heavy atom. The minimum atomic E-state index is -3.73. The molecule has 0 aromatic heterocycles. The van der Waals surface area contributed by atoms with Crippen LogP contribution in [-0.4, -0.2) is 46.8 Å². The summed E-state index contributed by atoms with van der Waals surface area (Å²) in [6.45, 7) is 0.151. The number of hydrogen-bond donors (Lipinski definition) is 6. The maximum atomic E-state index is 11.5. The molecule has 2 aromatic rings. The van der Waals surface area contributed by atoms with Gasteiger partial charge >= 0.3 is 10.1 Å². The van der Waals surface area contributed by atoms with Crippen LogP contribution in [0, 0.1) is 0 Å². The van der Waals surface area contributed by atoms with Gasteiger partial charge in [-0.25, -0.2) is 0 Å². The molecule has 7 N–H and O–H groups in total. The summed E-state index contributed by atoms with van der Waals surface area (Å²) in [4.78, 5) is 0. The molecule has 1 atom stereocenters. The number of phenolic OH excluding ortho intramolecular Hbond substituents is 1. The van der Waals surface area contributed by atoms with Crippen molar-refractivity contribution in [3.63, 3.8) is 0 Å². The summed E-state index contributed by atoms with van der Waals surface area (Å²) >= 11 is 0. The van der Waals surface area contributed by atoms with E-state index in [1.807, 2.05) is 0 Å². The van der Waals surface area contributed by atoms with Gasteiger partial charge in [-0.2, -0.15) is 13.1 Å². The second-order valence-electron chi connectivity index (χ2n) is 6.65. The lowest BCUT2D eigenvalue weighted by Gasteiger charge is -2.36. The normalized spacial score (nSPS) is 19.9. The highest BCUT2D eigenvalue weighted by atomic mass is 32.3. The van der Waals surface area contributed by atoms with Gasteiger partial charge in [0.25, 0.3) is 0 Å². The molecule has 1 aliphatic heterocycles. The second-order valence-corrected chi connectivity index (χ2v) is 9.94. The molecule has 10 nitrogen and oxygen atoms in total. The monoisotopic (exact) mass is 445 g/mol. The summed E-state index contributed by atoms with van der Waals surface area (Å²) in [6.07, 6.45) is 0.0446. The number of nitrogens with zero attached hydrogens (tertiary/aromatic N) is 1. The molecule has 0 aliphatic carbocycles. The Bertz CT molecular complexity index is 1010. The molecule has 1 unspecified atom stereocenters. The van der Waals surface area contributed by atoms with Crippen LogP contribution in [0.1, 0.15) is 16.7 Å². The van der Waals surface area contributed by atoms with Crippen LogP contribution in [0.5, 0.6) is 11.5 Å². The Morgan fingerprint density at radius 1 is 1.24 bits per heavy atom. The van der Waals surface area contributed by atoms with Crippen molar-refractivity contribution in [1.82, 2.24) is 4.72 Å². The fraction of sp³-hybridized carbons (Fsp3) is 0.294. The van der Waals surface area contributed by atoms with Gasteiger partial charge in [-0.3, -0.25) is 13.4 Å². The van der Waals surface area contributed by atoms with E-state index in [9.17, 15) is 27.7 Å². The lowest BCUT2D eigenvalue weighted by atomic mass is 10.0. The fourth-order valence-corrected chi connectivity index (χ4v) is 4.87. The standard InChI is InChI=1S/C17H23N3O7S2/c1-28(23,24)27-16-5-3-12(9-18)7-13(16)6-11-2-4-14(15(21)8-11)20-10-17(22)19-29(20,25)26/h2-5,7-8,17,19,21-22,25-26H,6,9-10,18H2,1H3. The van der Waals surface area contributed by atoms with Crippen molar-refractivity contribution in [3.05, 3.63) is 53.1 Å². The predicted octanol–water partition coefficient (Wildman–Crippen LogP) is 1.09. The van der Waals surface area contributed by atoms with Gasteiger partial charge in [-0.1, -0.05) is 29.2 Å². The van der Waals surface area contributed by atoms with E-state index in [4.69, 9.17) is 9.92 Å². The van der Waals surface area contributed by atoms with Crippen molar-refractivity contribution in [2.45, 2.75) is 19.2 Å². The molecule has 12 heteroatoms. The van der Waals surface area contributed by atoms with E-state index in [0.717, 1.165) is 16.1 Å². The van der Waals surface area contributed by atoms with Crippen molar-refractivity contribution in [1.29, 1.82) is 0 Å². The van der Waals surface area contributed by atoms with Crippen molar-refractivity contribution in [3.8, 4) is 11.5 Å². The van der Waals surface area contributed by atoms with Gasteiger partial charge in [0.05, 0.1) is 12.8 Å². The molecule has 3 rings (SSSR count). The maximum Gasteiger partial charge on any atom is 0.306 e. The SMILES string of the molecule is CS(=O)(=O)Oc1ccc(CN)cc1Cc1ccc(N2CC(O)NS2(O)O)c(O)c1. The second kappa shape index (κ2) is 7.99. The van der Waals surface area contributed by atoms with Crippen molar-refractivity contribution < 1.29 is 31.9 Å². The number of benzene rings is 2. The molecule has 29 heavy (non-hydrogen) atoms. The number of phenols is 1. The molecular weight excluding hydrogens is 422 g/mol. The first-order valence-corrected chi connectivity index (χ1v) is 11.8. The maximum absolute atomic E-state index is 11.5. The van der Waals surface area contributed by atoms with Gasteiger partial charge in [0.2, 0.25) is 0 Å². The van der Waals surface area contributed by atoms with Crippen molar-refractivity contribution >= 4 is 26.8 Å². The summed E-state index contributed by atoms with van der Waals surface area (Å²) in [6, 6.07) is 9.48. The number of nitrogens with one attached hydrogen (secondary N) is 1. The molecule has 160 valence electrons. The number of aliphatic hydroxyl groups is 1. The molecule has 1 aliphatic rings. The van der Waals surface area contributed by atoms with Crippen LogP contribution in [0.3, 0.4) is 0 Å². The van der Waals surface area contributed by atoms with Gasteiger partial charge in [0.1, 0.15) is 23.4 Å². The summed E-state index contributed by atoms with van der Waals surface area (Å²) in [5.41, 5.74) is 7.78. The Morgan fingerprint density at radius 3 is 2.48 bits per heavy atom. The summed E-state index contributed by atoms with van der Waals surface area (Å²) in [5.74, 6) is -0.0618. The Kier molecular flexibility index (Phi) is 5.96. The van der Waals surface area contributed by atoms with Gasteiger partial charge in [-0.05, 0) is 29.3 Å². The molecular formula is C17H23N3O7S2. The number of hydrogen-bond acceptors (Lipinski definition) is 10. The highest BCUT2D eigenvalue weighted by Gasteiger charge is 2.36. The van der Waals surface area contributed by atoms with Crippen molar-refractivity contribution in [2.75, 3.05) is 17.1 Å². The van der Waals surface area contributed by atoms with Crippen LogP contribution in [0.4, 0.5) is 5.69 Å². The van der Waals surface area contributed by atoms with Gasteiger partial charge in [0, 0.05) is 18.5 Å². The van der Waals surface area contributed by atoms with E-state index in [1.165, 1.54) is 18.2 Å². The number of aromatic hydroxyl groups is 1. The van der Waals surface area contributed by atoms with E-state index in [0.29, 0.717) is 11.1 Å². The zero-order valence-electron chi connectivity index (χ0n) is 15.5. The topological polar surface area (TPSA) is 166 Å². The number of anilines is 1. The molecule has 1 saturated heterocycles. The quantitative estimate of drug-likeness (QED) is 0.354. The molecule has 0 saturated carbocycles. The molecule has 1 heterocycles. The summed E-state index contributed by atoms with van der Waals surface area (Å²) in [5, 5.41) is 20.0. The lowest BCUT2D eigenvalue weighted by Crippen LogP contribution is -2.25. The smallest absolute Gasteiger partial charge is 0.306 e. The van der Waals surface area contributed by atoms with Gasteiger partial charge < -0.3 is 20.1 Å². The number of nitrogens with two attached hydrogens (primary N) is 1. The minimum Gasteiger partial charge on any atom is -0.506 e. The number of rotatable bonds is 6. The van der Waals surface area contributed by atoms with E-state index in [-0.39, 0.29) is 36.7 Å². The minimum absolute atomic E-state index is 0.111. The average molecular weight is 446 g/mol. The van der Waals surface area contributed by atoms with E-state index in [1.54, 1.807) is 18.2 Å². The first-order valence-electron chi connectivity index (χ1n) is 8.53. The summed E-state index contributed by atoms with van der Waals surface area (Å²) in [7, 11) is -7.17. The first kappa shape index (κ1) is 21.6. The van der Waals surface area contributed by atoms with Crippen LogP contribution in [-0.2, 0) is 23.1 Å². The molecule has 0 radical (unpaired) electrons. The van der Waals surface area contributed by atoms with Crippen molar-refractivity contribution in [2.24, 2.45) is 5.73 Å². The Labute approximate surface area is 170 Å². The molecule has 2 aromatic carbocycles. The Balaban J connectivity index is 1.91. The highest BCUT2D eigenvalue weighted by Crippen LogP contribution is 2.49. The zero-order valence-corrected chi connectivity index (χ0v) is 17.2. The summed E-state index contributed by atoms with van der Waals surface area (Å²) < 4.78 is 51.4. The van der Waals surface area contributed by atoms with E-state index >= 15 is 0 Å². The molecule has 0 amide bonds. The average Bonchev–Trinajstić information content (AvgIpc) is 2.87. The number of aliphatic hydroxyl groups excluding tert-OH is 1. The first-order chi connectivity index (χ1) is 13.5. The zero-order chi connectivity index (χ0) is 21.4. The third-order valence-corrected chi connectivity index (χ3v) is 6.28. The lowest BCUT2D eigenvalue weighted by molar-refractivity contribution is 0.182. The van der Waals surface area contributed by atoms with Crippen LogP contribution in [0.15, 0.2) is 36.4 Å². The van der Waals surface area contributed by atoms with Crippen LogP contribution in [0.2, 0.25) is 0 Å². The van der Waals surface area contributed by atoms with Gasteiger partial charge in [-0.15, -0.1) is 0 Å². The largest absolute Gasteiger partial charge is 0.506 e. The third kappa shape index (κ3) is 5.11. The van der Waals surface area contributed by atoms with Gasteiger partial charge in [0.15, 0.2) is 0 Å². The Hall–Kier alpha value is -2.06. The van der Waals surface area contributed by atoms with Crippen LogP contribution in [0.25, 0.3) is 0 Å². The predicted molar refractivity (Wildman–Crippen MR) is 110 cm³/mol. The third-order valence-electron chi connectivity index (χ3n) is 4.25. The van der Waals surface area contributed by atoms with E-state index < -0.39 is 27.3 Å². The van der Waals surface area contributed by atoms with Crippen LogP contribution < -0.4 is 18.9 Å². The van der Waals surface area contributed by atoms with Crippen LogP contribution >= 0.6 is 11.0 Å². The fourth-order valence-electron chi connectivity index (χ4n) is 3.03. The highest BCUT2D eigenvalue weighted by molar-refractivity contribution is 8.24. The molecule has 1 fully saturated rings. The van der Waals surface area contributed by atoms with E-state index in [2.05, 4.69) is 4.72 Å².